The summed E-state index contributed by atoms with van der Waals surface area (Å²) in [4.78, 5) is 7.33. The van der Waals surface area contributed by atoms with Crippen molar-refractivity contribution in [1.29, 1.82) is 0 Å². The molecule has 0 unspecified atom stereocenters. The fourth-order valence-electron chi connectivity index (χ4n) is 4.51. The highest BCUT2D eigenvalue weighted by molar-refractivity contribution is 5.63. The van der Waals surface area contributed by atoms with Crippen molar-refractivity contribution < 1.29 is 0 Å². The van der Waals surface area contributed by atoms with Crippen LogP contribution in [0, 0.1) is 19.8 Å². The lowest BCUT2D eigenvalue weighted by Gasteiger charge is -2.50. The molecule has 2 bridgehead atoms. The van der Waals surface area contributed by atoms with Crippen molar-refractivity contribution in [3.8, 4) is 11.3 Å². The highest BCUT2D eigenvalue weighted by atomic mass is 15.2. The third-order valence-electron chi connectivity index (χ3n) is 5.79. The van der Waals surface area contributed by atoms with E-state index < -0.39 is 0 Å². The molecule has 0 radical (unpaired) electrons. The van der Waals surface area contributed by atoms with Crippen LogP contribution in [0.15, 0.2) is 36.5 Å². The van der Waals surface area contributed by atoms with Crippen LogP contribution in [0.4, 0.5) is 5.69 Å². The fraction of sp³-hybridized carbons (Fsp3) is 0.476. The second-order valence-corrected chi connectivity index (χ2v) is 7.59. The molecule has 24 heavy (non-hydrogen) atoms. The van der Waals surface area contributed by atoms with E-state index in [9.17, 15) is 0 Å². The van der Waals surface area contributed by atoms with E-state index >= 15 is 0 Å². The summed E-state index contributed by atoms with van der Waals surface area (Å²) in [6.45, 7) is 9.19. The fourth-order valence-corrected chi connectivity index (χ4v) is 4.51. The zero-order valence-corrected chi connectivity index (χ0v) is 14.9. The van der Waals surface area contributed by atoms with E-state index in [4.69, 9.17) is 4.98 Å². The Balaban J connectivity index is 1.52. The highest BCUT2D eigenvalue weighted by Crippen LogP contribution is 2.34. The van der Waals surface area contributed by atoms with Crippen molar-refractivity contribution in [2.75, 3.05) is 18.4 Å². The zero-order chi connectivity index (χ0) is 16.7. The summed E-state index contributed by atoms with van der Waals surface area (Å²) >= 11 is 0. The van der Waals surface area contributed by atoms with Gasteiger partial charge in [0.05, 0.1) is 17.6 Å². The number of hydrogen-bond acceptors (Lipinski definition) is 3. The van der Waals surface area contributed by atoms with Crippen molar-refractivity contribution in [3.05, 3.63) is 47.7 Å². The van der Waals surface area contributed by atoms with Crippen LogP contribution in [-0.4, -0.2) is 35.1 Å². The largest absolute Gasteiger partial charge is 0.379 e. The molecule has 3 fully saturated rings. The van der Waals surface area contributed by atoms with Crippen LogP contribution in [-0.2, 0) is 0 Å². The number of nitrogens with zero attached hydrogens (tertiary/aromatic N) is 2. The predicted molar refractivity (Wildman–Crippen MR) is 100 cm³/mol. The maximum Gasteiger partial charge on any atom is 0.0703 e. The monoisotopic (exact) mass is 321 g/mol. The molecule has 126 valence electrons. The smallest absolute Gasteiger partial charge is 0.0703 e. The average molecular weight is 321 g/mol. The van der Waals surface area contributed by atoms with Gasteiger partial charge in [-0.25, -0.2) is 0 Å². The molecule has 4 heterocycles. The number of aromatic nitrogens is 1. The van der Waals surface area contributed by atoms with E-state index in [1.807, 2.05) is 6.20 Å². The van der Waals surface area contributed by atoms with Crippen molar-refractivity contribution in [2.45, 2.75) is 45.7 Å². The summed E-state index contributed by atoms with van der Waals surface area (Å²) in [6.07, 6.45) is 4.66. The Hall–Kier alpha value is -1.87. The molecule has 3 aliphatic heterocycles. The van der Waals surface area contributed by atoms with Crippen LogP contribution in [0.2, 0.25) is 0 Å². The molecule has 5 rings (SSSR count). The van der Waals surface area contributed by atoms with Gasteiger partial charge in [0, 0.05) is 17.6 Å². The van der Waals surface area contributed by atoms with E-state index in [0.29, 0.717) is 12.1 Å². The Labute approximate surface area is 145 Å². The van der Waals surface area contributed by atoms with E-state index in [2.05, 4.69) is 61.3 Å². The minimum Gasteiger partial charge on any atom is -0.379 e. The van der Waals surface area contributed by atoms with Crippen LogP contribution in [0.3, 0.4) is 0 Å². The van der Waals surface area contributed by atoms with E-state index in [1.165, 1.54) is 42.6 Å². The summed E-state index contributed by atoms with van der Waals surface area (Å²) < 4.78 is 0. The van der Waals surface area contributed by atoms with Gasteiger partial charge < -0.3 is 5.32 Å². The molecule has 0 amide bonds. The van der Waals surface area contributed by atoms with Gasteiger partial charge in [0.2, 0.25) is 0 Å². The van der Waals surface area contributed by atoms with Gasteiger partial charge >= 0.3 is 0 Å². The van der Waals surface area contributed by atoms with Crippen LogP contribution in [0.1, 0.15) is 30.9 Å². The van der Waals surface area contributed by atoms with E-state index in [1.54, 1.807) is 0 Å². The molecule has 1 aromatic carbocycles. The van der Waals surface area contributed by atoms with Crippen molar-refractivity contribution in [2.24, 2.45) is 5.92 Å². The first-order valence-electron chi connectivity index (χ1n) is 9.15. The third kappa shape index (κ3) is 2.93. The Kier molecular flexibility index (Phi) is 4.05. The van der Waals surface area contributed by atoms with Gasteiger partial charge in [-0.05, 0) is 76.9 Å². The number of nitrogens with one attached hydrogen (secondary N) is 1. The number of aryl methyl sites for hydroxylation is 2. The van der Waals surface area contributed by atoms with E-state index in [-0.39, 0.29) is 0 Å². The van der Waals surface area contributed by atoms with Gasteiger partial charge in [0.25, 0.3) is 0 Å². The molecule has 3 aliphatic rings. The number of piperidine rings is 3. The summed E-state index contributed by atoms with van der Waals surface area (Å²) in [7, 11) is 0. The van der Waals surface area contributed by atoms with Crippen LogP contribution in [0.5, 0.6) is 0 Å². The first-order valence-corrected chi connectivity index (χ1v) is 9.15. The predicted octanol–water partition coefficient (Wildman–Crippen LogP) is 4.26. The number of pyridine rings is 1. The SMILES string of the molecule is Cc1cc(C)cc(-c2ccc(N[C@H]3C4CCN(CC4)[C@@H]3C)cn2)c1. The molecule has 0 saturated carbocycles. The topological polar surface area (TPSA) is 28.2 Å². The number of anilines is 1. The van der Waals surface area contributed by atoms with Gasteiger partial charge in [-0.1, -0.05) is 17.2 Å². The molecule has 3 heteroatoms. The lowest BCUT2D eigenvalue weighted by Crippen LogP contribution is -2.59. The van der Waals surface area contributed by atoms with Crippen molar-refractivity contribution in [1.82, 2.24) is 9.88 Å². The molecule has 2 aromatic rings. The Morgan fingerprint density at radius 3 is 2.33 bits per heavy atom. The summed E-state index contributed by atoms with van der Waals surface area (Å²) in [6, 6.07) is 12.1. The molecule has 0 aliphatic carbocycles. The number of fused-ring (bicyclic) bond motifs is 3. The minimum atomic E-state index is 0.557. The molecule has 0 spiro atoms. The van der Waals surface area contributed by atoms with Crippen LogP contribution < -0.4 is 5.32 Å². The quantitative estimate of drug-likeness (QED) is 0.915. The zero-order valence-electron chi connectivity index (χ0n) is 14.9. The number of rotatable bonds is 3. The van der Waals surface area contributed by atoms with Gasteiger partial charge in [0.1, 0.15) is 0 Å². The van der Waals surface area contributed by atoms with Crippen LogP contribution in [0.25, 0.3) is 11.3 Å². The molecular weight excluding hydrogens is 294 g/mol. The summed E-state index contributed by atoms with van der Waals surface area (Å²) in [5.41, 5.74) is 5.98. The minimum absolute atomic E-state index is 0.557. The second kappa shape index (κ2) is 6.21. The molecule has 1 N–H and O–H groups in total. The van der Waals surface area contributed by atoms with Crippen LogP contribution >= 0.6 is 0 Å². The standard InChI is InChI=1S/C21H27N3/c1-14-10-15(2)12-18(11-14)20-5-4-19(13-22-20)23-21-16(3)24-8-6-17(21)7-9-24/h4-5,10-13,16-17,21,23H,6-9H2,1-3H3/t16-,21-/m1/s1. The van der Waals surface area contributed by atoms with Crippen molar-refractivity contribution in [3.63, 3.8) is 0 Å². The highest BCUT2D eigenvalue weighted by Gasteiger charge is 2.39. The number of benzene rings is 1. The maximum absolute atomic E-state index is 4.71. The van der Waals surface area contributed by atoms with Gasteiger partial charge in [-0.15, -0.1) is 0 Å². The molecule has 3 nitrogen and oxygen atoms in total. The molecule has 2 atom stereocenters. The lowest BCUT2D eigenvalue weighted by molar-refractivity contribution is 0.0458. The van der Waals surface area contributed by atoms with Gasteiger partial charge in [-0.2, -0.15) is 0 Å². The summed E-state index contributed by atoms with van der Waals surface area (Å²) in [5.74, 6) is 0.809. The first-order chi connectivity index (χ1) is 11.6. The Morgan fingerprint density at radius 2 is 1.75 bits per heavy atom. The van der Waals surface area contributed by atoms with Gasteiger partial charge in [0.15, 0.2) is 0 Å². The Morgan fingerprint density at radius 1 is 1.04 bits per heavy atom. The molecule has 1 aromatic heterocycles. The average Bonchev–Trinajstić information content (AvgIpc) is 2.58. The summed E-state index contributed by atoms with van der Waals surface area (Å²) in [5, 5.41) is 3.76. The van der Waals surface area contributed by atoms with Crippen molar-refractivity contribution >= 4 is 5.69 Å². The molecular formula is C21H27N3. The Bertz CT molecular complexity index is 692. The van der Waals surface area contributed by atoms with Gasteiger partial charge in [-0.3, -0.25) is 9.88 Å². The lowest BCUT2D eigenvalue weighted by atomic mass is 9.79. The maximum atomic E-state index is 4.71. The molecule has 3 saturated heterocycles. The normalized spacial score (nSPS) is 28.8. The second-order valence-electron chi connectivity index (χ2n) is 7.59. The van der Waals surface area contributed by atoms with E-state index in [0.717, 1.165) is 17.3 Å². The first kappa shape index (κ1) is 15.6. The third-order valence-corrected chi connectivity index (χ3v) is 5.79. The number of hydrogen-bond donors (Lipinski definition) is 1.